The number of benzene rings is 1. The van der Waals surface area contributed by atoms with Crippen molar-refractivity contribution in [1.82, 2.24) is 5.32 Å². The number of anilines is 1. The molecule has 0 aliphatic carbocycles. The van der Waals surface area contributed by atoms with E-state index < -0.39 is 11.9 Å². The van der Waals surface area contributed by atoms with Gasteiger partial charge in [-0.3, -0.25) is 0 Å². The Hall–Kier alpha value is -2.54. The average Bonchev–Trinajstić information content (AvgIpc) is 3.21. The SMILES string of the molecule is O=C(O)C=CC(=O)O.c1cc(N2CCCC2)ccc1OCC1CCNCC1. The van der Waals surface area contributed by atoms with Crippen LogP contribution in [0.1, 0.15) is 25.7 Å². The van der Waals surface area contributed by atoms with Crippen molar-refractivity contribution in [3.05, 3.63) is 36.4 Å². The second-order valence-corrected chi connectivity index (χ2v) is 6.70. The summed E-state index contributed by atoms with van der Waals surface area (Å²) in [7, 11) is 0. The van der Waals surface area contributed by atoms with Gasteiger partial charge >= 0.3 is 11.9 Å². The highest BCUT2D eigenvalue weighted by Crippen LogP contribution is 2.23. The molecule has 0 atom stereocenters. The van der Waals surface area contributed by atoms with Gasteiger partial charge in [-0.2, -0.15) is 0 Å². The lowest BCUT2D eigenvalue weighted by atomic mass is 9.99. The smallest absolute Gasteiger partial charge is 0.328 e. The van der Waals surface area contributed by atoms with E-state index in [2.05, 4.69) is 34.5 Å². The standard InChI is InChI=1S/C16H24N2O.C4H4O4/c1-2-12-18(11-1)15-3-5-16(6-4-15)19-13-14-7-9-17-10-8-14;5-3(6)1-2-4(7)8/h3-6,14,17H,1-2,7-13H2;1-2H,(H,5,6)(H,7,8). The van der Waals surface area contributed by atoms with E-state index in [0.29, 0.717) is 12.2 Å². The van der Waals surface area contributed by atoms with E-state index in [1.165, 1.54) is 44.5 Å². The van der Waals surface area contributed by atoms with Gasteiger partial charge in [0.05, 0.1) is 6.61 Å². The summed E-state index contributed by atoms with van der Waals surface area (Å²) in [5.74, 6) is -0.777. The number of hydrogen-bond acceptors (Lipinski definition) is 5. The largest absolute Gasteiger partial charge is 0.493 e. The lowest BCUT2D eigenvalue weighted by Gasteiger charge is -2.23. The first-order valence-corrected chi connectivity index (χ1v) is 9.37. The van der Waals surface area contributed by atoms with E-state index in [9.17, 15) is 9.59 Å². The molecule has 2 fully saturated rings. The summed E-state index contributed by atoms with van der Waals surface area (Å²) in [5.41, 5.74) is 1.34. The van der Waals surface area contributed by atoms with Crippen LogP contribution in [-0.2, 0) is 9.59 Å². The number of rotatable bonds is 6. The van der Waals surface area contributed by atoms with Crippen LogP contribution in [0.25, 0.3) is 0 Å². The highest BCUT2D eigenvalue weighted by atomic mass is 16.5. The number of aliphatic carboxylic acids is 2. The molecule has 148 valence electrons. The zero-order chi connectivity index (χ0) is 19.5. The van der Waals surface area contributed by atoms with Crippen LogP contribution in [0.3, 0.4) is 0 Å². The summed E-state index contributed by atoms with van der Waals surface area (Å²) >= 11 is 0. The number of hydrogen-bond donors (Lipinski definition) is 3. The summed E-state index contributed by atoms with van der Waals surface area (Å²) in [5, 5.41) is 19.0. The molecule has 1 aromatic rings. The third kappa shape index (κ3) is 8.13. The predicted molar refractivity (Wildman–Crippen MR) is 103 cm³/mol. The van der Waals surface area contributed by atoms with E-state index in [1.54, 1.807) is 0 Å². The maximum Gasteiger partial charge on any atom is 0.328 e. The highest BCUT2D eigenvalue weighted by Gasteiger charge is 2.14. The molecule has 0 unspecified atom stereocenters. The second-order valence-electron chi connectivity index (χ2n) is 6.70. The molecule has 2 heterocycles. The van der Waals surface area contributed by atoms with Crippen LogP contribution in [0.5, 0.6) is 5.75 Å². The van der Waals surface area contributed by atoms with E-state index in [0.717, 1.165) is 31.4 Å². The van der Waals surface area contributed by atoms with Crippen LogP contribution in [0.15, 0.2) is 36.4 Å². The zero-order valence-corrected chi connectivity index (χ0v) is 15.5. The zero-order valence-electron chi connectivity index (χ0n) is 15.5. The quantitative estimate of drug-likeness (QED) is 0.656. The summed E-state index contributed by atoms with van der Waals surface area (Å²) in [6.45, 7) is 5.55. The number of carboxylic acid groups (broad SMARTS) is 2. The molecule has 2 saturated heterocycles. The molecule has 0 bridgehead atoms. The minimum Gasteiger partial charge on any atom is -0.493 e. The van der Waals surface area contributed by atoms with Crippen molar-refractivity contribution in [2.45, 2.75) is 25.7 Å². The van der Waals surface area contributed by atoms with Crippen LogP contribution >= 0.6 is 0 Å². The van der Waals surface area contributed by atoms with Crippen molar-refractivity contribution in [3.63, 3.8) is 0 Å². The first-order chi connectivity index (χ1) is 13.0. The number of nitrogens with one attached hydrogen (secondary N) is 1. The maximum atomic E-state index is 9.55. The average molecular weight is 376 g/mol. The van der Waals surface area contributed by atoms with E-state index in [1.807, 2.05) is 0 Å². The summed E-state index contributed by atoms with van der Waals surface area (Å²) in [4.78, 5) is 21.6. The van der Waals surface area contributed by atoms with Crippen LogP contribution in [0, 0.1) is 5.92 Å². The molecule has 7 nitrogen and oxygen atoms in total. The predicted octanol–water partition coefficient (Wildman–Crippen LogP) is 2.38. The van der Waals surface area contributed by atoms with Crippen molar-refractivity contribution in [3.8, 4) is 5.75 Å². The highest BCUT2D eigenvalue weighted by molar-refractivity contribution is 5.89. The van der Waals surface area contributed by atoms with Crippen LogP contribution in [0.2, 0.25) is 0 Å². The molecule has 3 N–H and O–H groups in total. The third-order valence-electron chi connectivity index (χ3n) is 4.62. The summed E-state index contributed by atoms with van der Waals surface area (Å²) < 4.78 is 5.92. The first-order valence-electron chi connectivity index (χ1n) is 9.37. The molecule has 0 saturated carbocycles. The lowest BCUT2D eigenvalue weighted by molar-refractivity contribution is -0.134. The molecule has 1 aromatic carbocycles. The number of carboxylic acids is 2. The lowest BCUT2D eigenvalue weighted by Crippen LogP contribution is -2.30. The van der Waals surface area contributed by atoms with Gasteiger partial charge in [-0.05, 0) is 69.0 Å². The van der Waals surface area contributed by atoms with Gasteiger partial charge in [-0.15, -0.1) is 0 Å². The Morgan fingerprint density at radius 3 is 2.11 bits per heavy atom. The summed E-state index contributed by atoms with van der Waals surface area (Å²) in [6, 6.07) is 8.63. The Morgan fingerprint density at radius 1 is 1.04 bits per heavy atom. The molecular weight excluding hydrogens is 348 g/mol. The van der Waals surface area contributed by atoms with Crippen LogP contribution in [-0.4, -0.2) is 54.9 Å². The number of nitrogens with zero attached hydrogens (tertiary/aromatic N) is 1. The Bertz CT molecular complexity index is 602. The Kier molecular flexibility index (Phi) is 8.64. The molecule has 3 rings (SSSR count). The van der Waals surface area contributed by atoms with Crippen molar-refractivity contribution >= 4 is 17.6 Å². The number of carbonyl (C=O) groups is 2. The molecular formula is C20H28N2O5. The first kappa shape index (κ1) is 20.8. The number of piperidine rings is 1. The third-order valence-corrected chi connectivity index (χ3v) is 4.62. The van der Waals surface area contributed by atoms with Gasteiger partial charge in [0.25, 0.3) is 0 Å². The maximum absolute atomic E-state index is 9.55. The Balaban J connectivity index is 0.000000279. The van der Waals surface area contributed by atoms with Crippen LogP contribution in [0.4, 0.5) is 5.69 Å². The molecule has 7 heteroatoms. The molecule has 0 amide bonds. The molecule has 0 radical (unpaired) electrons. The fourth-order valence-corrected chi connectivity index (χ4v) is 3.13. The normalized spacial score (nSPS) is 17.4. The fraction of sp³-hybridized carbons (Fsp3) is 0.500. The van der Waals surface area contributed by atoms with Gasteiger partial charge in [0.2, 0.25) is 0 Å². The van der Waals surface area contributed by atoms with Gasteiger partial charge in [-0.1, -0.05) is 0 Å². The second kappa shape index (κ2) is 11.2. The van der Waals surface area contributed by atoms with Crippen LogP contribution < -0.4 is 15.0 Å². The van der Waals surface area contributed by atoms with E-state index in [4.69, 9.17) is 14.9 Å². The van der Waals surface area contributed by atoms with Gasteiger partial charge in [-0.25, -0.2) is 9.59 Å². The van der Waals surface area contributed by atoms with Gasteiger partial charge < -0.3 is 25.2 Å². The minimum absolute atomic E-state index is 0.558. The monoisotopic (exact) mass is 376 g/mol. The topological polar surface area (TPSA) is 99.1 Å². The molecule has 0 aromatic heterocycles. The Morgan fingerprint density at radius 2 is 1.59 bits per heavy atom. The summed E-state index contributed by atoms with van der Waals surface area (Å²) in [6.07, 6.45) is 6.25. The molecule has 0 spiro atoms. The number of ether oxygens (including phenoxy) is 1. The van der Waals surface area contributed by atoms with Gasteiger partial charge in [0.15, 0.2) is 0 Å². The Labute approximate surface area is 159 Å². The van der Waals surface area contributed by atoms with Gasteiger partial charge in [0, 0.05) is 30.9 Å². The minimum atomic E-state index is -1.26. The van der Waals surface area contributed by atoms with Crippen molar-refractivity contribution in [2.24, 2.45) is 5.92 Å². The van der Waals surface area contributed by atoms with Crippen molar-refractivity contribution < 1.29 is 24.5 Å². The molecule has 27 heavy (non-hydrogen) atoms. The van der Waals surface area contributed by atoms with Crippen molar-refractivity contribution in [2.75, 3.05) is 37.7 Å². The van der Waals surface area contributed by atoms with Crippen molar-refractivity contribution in [1.29, 1.82) is 0 Å². The van der Waals surface area contributed by atoms with E-state index in [-0.39, 0.29) is 0 Å². The molecule has 2 aliphatic rings. The van der Waals surface area contributed by atoms with Gasteiger partial charge in [0.1, 0.15) is 5.75 Å². The van der Waals surface area contributed by atoms with E-state index >= 15 is 0 Å². The fourth-order valence-electron chi connectivity index (χ4n) is 3.13. The molecule has 2 aliphatic heterocycles.